The van der Waals surface area contributed by atoms with Crippen LogP contribution in [0.4, 0.5) is 27.6 Å². The van der Waals surface area contributed by atoms with Crippen LogP contribution in [0.5, 0.6) is 0 Å². The number of alkyl halides is 4. The molecule has 216 valence electrons. The lowest BCUT2D eigenvalue weighted by atomic mass is 9.73. The molecular formula is C27H23ClF5N5O3. The van der Waals surface area contributed by atoms with Crippen LogP contribution in [0.3, 0.4) is 0 Å². The highest BCUT2D eigenvalue weighted by Crippen LogP contribution is 2.52. The molecule has 0 bridgehead atoms. The number of carbonyl (C=O) groups excluding carboxylic acids is 3. The molecule has 6 rings (SSSR count). The maximum atomic E-state index is 14.6. The van der Waals surface area contributed by atoms with E-state index in [1.54, 1.807) is 41.0 Å². The number of fused-ring (bicyclic) bond motifs is 3. The van der Waals surface area contributed by atoms with Crippen molar-refractivity contribution in [2.24, 2.45) is 7.05 Å². The molecule has 8 nitrogen and oxygen atoms in total. The van der Waals surface area contributed by atoms with Crippen LogP contribution in [-0.4, -0.2) is 81.9 Å². The van der Waals surface area contributed by atoms with Gasteiger partial charge in [-0.2, -0.15) is 22.7 Å². The normalized spacial score (nSPS) is 20.8. The van der Waals surface area contributed by atoms with Crippen LogP contribution in [0.2, 0.25) is 5.02 Å². The number of nitrogens with zero attached hydrogens (tertiary/aromatic N) is 5. The lowest BCUT2D eigenvalue weighted by Gasteiger charge is -2.38. The Kier molecular flexibility index (Phi) is 6.11. The zero-order chi connectivity index (χ0) is 29.5. The average Bonchev–Trinajstić information content (AvgIpc) is 3.49. The number of anilines is 1. The van der Waals surface area contributed by atoms with Gasteiger partial charge in [-0.1, -0.05) is 11.6 Å². The van der Waals surface area contributed by atoms with Gasteiger partial charge >= 0.3 is 11.8 Å². The number of likely N-dealkylation sites (tertiary alicyclic amines) is 2. The fourth-order valence-corrected chi connectivity index (χ4v) is 6.41. The maximum absolute atomic E-state index is 14.6. The van der Waals surface area contributed by atoms with Crippen LogP contribution in [0.15, 0.2) is 36.5 Å². The number of piperidine rings is 1. The number of amides is 3. The molecule has 4 heterocycles. The van der Waals surface area contributed by atoms with E-state index in [9.17, 15) is 36.3 Å². The van der Waals surface area contributed by atoms with E-state index in [1.807, 2.05) is 0 Å². The number of halogens is 6. The van der Waals surface area contributed by atoms with Gasteiger partial charge in [-0.3, -0.25) is 19.1 Å². The van der Waals surface area contributed by atoms with Crippen molar-refractivity contribution in [3.05, 3.63) is 58.5 Å². The minimum Gasteiger partial charge on any atom is -0.339 e. The smallest absolute Gasteiger partial charge is 0.329 e. The highest BCUT2D eigenvalue weighted by molar-refractivity contribution is 6.33. The van der Waals surface area contributed by atoms with Gasteiger partial charge < -0.3 is 14.7 Å². The predicted molar refractivity (Wildman–Crippen MR) is 138 cm³/mol. The number of aromatic nitrogens is 2. The summed E-state index contributed by atoms with van der Waals surface area (Å²) in [4.78, 5) is 42.9. The fraction of sp³-hybridized carbons (Fsp3) is 0.407. The van der Waals surface area contributed by atoms with Crippen molar-refractivity contribution in [2.45, 2.75) is 30.1 Å². The maximum Gasteiger partial charge on any atom is 0.329 e. The van der Waals surface area contributed by atoms with E-state index in [0.29, 0.717) is 10.5 Å². The van der Waals surface area contributed by atoms with E-state index in [0.717, 1.165) is 21.9 Å². The number of carbonyl (C=O) groups is 3. The van der Waals surface area contributed by atoms with E-state index < -0.39 is 54.5 Å². The van der Waals surface area contributed by atoms with Crippen LogP contribution in [0.25, 0.3) is 10.9 Å². The van der Waals surface area contributed by atoms with Gasteiger partial charge in [-0.05, 0) is 43.2 Å². The molecule has 0 aliphatic carbocycles. The van der Waals surface area contributed by atoms with Crippen LogP contribution in [-0.2, 0) is 22.1 Å². The van der Waals surface area contributed by atoms with Crippen molar-refractivity contribution < 1.29 is 36.3 Å². The topological polar surface area (TPSA) is 78.8 Å². The largest absolute Gasteiger partial charge is 0.339 e. The Labute approximate surface area is 235 Å². The zero-order valence-electron chi connectivity index (χ0n) is 21.6. The fourth-order valence-electron chi connectivity index (χ4n) is 6.07. The molecule has 3 amide bonds. The molecule has 2 aromatic carbocycles. The van der Waals surface area contributed by atoms with Crippen LogP contribution in [0, 0.1) is 5.82 Å². The highest BCUT2D eigenvalue weighted by atomic mass is 35.5. The molecule has 41 heavy (non-hydrogen) atoms. The Morgan fingerprint density at radius 3 is 2.32 bits per heavy atom. The number of benzene rings is 2. The van der Waals surface area contributed by atoms with Crippen molar-refractivity contribution in [3.63, 3.8) is 0 Å². The Bertz CT molecular complexity index is 1600. The monoisotopic (exact) mass is 595 g/mol. The van der Waals surface area contributed by atoms with Gasteiger partial charge in [0.2, 0.25) is 11.8 Å². The van der Waals surface area contributed by atoms with Crippen LogP contribution < -0.4 is 4.90 Å². The minimum absolute atomic E-state index is 0.0490. The highest BCUT2D eigenvalue weighted by Gasteiger charge is 2.64. The lowest BCUT2D eigenvalue weighted by molar-refractivity contribution is -0.172. The molecule has 2 saturated heterocycles. The SMILES string of the molecule is Cn1ncc2cc(C(=O)N3CCC4(CC3)C(=O)N(CC(=O)N3CC(F)(F)C(F)(F)C3)c3ccc(F)c(Cl)c34)ccc21. The quantitative estimate of drug-likeness (QED) is 0.429. The second-order valence-corrected chi connectivity index (χ2v) is 11.1. The number of aryl methyl sites for hydroxylation is 1. The number of rotatable bonds is 3. The first-order valence-corrected chi connectivity index (χ1v) is 13.2. The van der Waals surface area contributed by atoms with Crippen LogP contribution in [0.1, 0.15) is 28.8 Å². The molecule has 1 aromatic heterocycles. The Morgan fingerprint density at radius 1 is 1.00 bits per heavy atom. The van der Waals surface area contributed by atoms with E-state index in [1.165, 1.54) is 6.07 Å². The number of hydrogen-bond donors (Lipinski definition) is 0. The van der Waals surface area contributed by atoms with Crippen molar-refractivity contribution in [3.8, 4) is 0 Å². The van der Waals surface area contributed by atoms with Gasteiger partial charge in [0, 0.05) is 36.7 Å². The molecule has 14 heteroatoms. The van der Waals surface area contributed by atoms with E-state index in [2.05, 4.69) is 5.10 Å². The minimum atomic E-state index is -4.40. The van der Waals surface area contributed by atoms with Gasteiger partial charge in [-0.25, -0.2) is 4.39 Å². The summed E-state index contributed by atoms with van der Waals surface area (Å²) >= 11 is 6.35. The summed E-state index contributed by atoms with van der Waals surface area (Å²) in [7, 11) is 1.78. The first-order chi connectivity index (χ1) is 19.3. The van der Waals surface area contributed by atoms with Crippen LogP contribution >= 0.6 is 11.6 Å². The third-order valence-corrected chi connectivity index (χ3v) is 8.72. The summed E-state index contributed by atoms with van der Waals surface area (Å²) in [5.74, 6) is -11.6. The average molecular weight is 596 g/mol. The van der Waals surface area contributed by atoms with E-state index in [-0.39, 0.29) is 48.1 Å². The van der Waals surface area contributed by atoms with Gasteiger partial charge in [0.1, 0.15) is 12.4 Å². The standard InChI is InChI=1S/C27H23ClF5N5O3/c1-35-18-4-2-15(10-16(18)11-34-35)23(40)36-8-6-25(7-9-36)21-19(5-3-17(29)22(21)28)38(24(25)41)12-20(39)37-13-26(30,31)27(32,33)14-37/h2-5,10-11H,6-9,12-14H2,1H3. The zero-order valence-corrected chi connectivity index (χ0v) is 22.4. The van der Waals surface area contributed by atoms with E-state index in [4.69, 9.17) is 11.6 Å². The van der Waals surface area contributed by atoms with Crippen molar-refractivity contribution >= 4 is 45.9 Å². The summed E-state index contributed by atoms with van der Waals surface area (Å²) in [6.45, 7) is -3.55. The Hall–Kier alpha value is -3.74. The molecular weight excluding hydrogens is 573 g/mol. The molecule has 0 N–H and O–H groups in total. The summed E-state index contributed by atoms with van der Waals surface area (Å²) < 4.78 is 71.2. The van der Waals surface area contributed by atoms with Crippen molar-refractivity contribution in [2.75, 3.05) is 37.6 Å². The lowest BCUT2D eigenvalue weighted by Crippen LogP contribution is -2.51. The molecule has 0 saturated carbocycles. The molecule has 0 atom stereocenters. The second-order valence-electron chi connectivity index (χ2n) is 10.7. The summed E-state index contributed by atoms with van der Waals surface area (Å²) in [6.07, 6.45) is 1.74. The summed E-state index contributed by atoms with van der Waals surface area (Å²) in [6, 6.07) is 7.44. The first-order valence-electron chi connectivity index (χ1n) is 12.8. The van der Waals surface area contributed by atoms with Gasteiger partial charge in [-0.15, -0.1) is 0 Å². The molecule has 3 aromatic rings. The molecule has 0 radical (unpaired) electrons. The number of hydrogen-bond acceptors (Lipinski definition) is 4. The first kappa shape index (κ1) is 27.4. The Balaban J connectivity index is 1.25. The van der Waals surface area contributed by atoms with Gasteiger partial charge in [0.15, 0.2) is 0 Å². The predicted octanol–water partition coefficient (Wildman–Crippen LogP) is 4.00. The molecule has 0 unspecified atom stereocenters. The third-order valence-electron chi connectivity index (χ3n) is 8.35. The summed E-state index contributed by atoms with van der Waals surface area (Å²) in [5.41, 5.74) is 0.125. The third kappa shape index (κ3) is 4.07. The van der Waals surface area contributed by atoms with E-state index >= 15 is 0 Å². The molecule has 1 spiro atoms. The van der Waals surface area contributed by atoms with Crippen molar-refractivity contribution in [1.29, 1.82) is 0 Å². The Morgan fingerprint density at radius 2 is 1.66 bits per heavy atom. The summed E-state index contributed by atoms with van der Waals surface area (Å²) in [5, 5.41) is 4.63. The molecule has 3 aliphatic rings. The molecule has 3 aliphatic heterocycles. The van der Waals surface area contributed by atoms with Gasteiger partial charge in [0.05, 0.1) is 40.9 Å². The molecule has 2 fully saturated rings. The van der Waals surface area contributed by atoms with Gasteiger partial charge in [0.25, 0.3) is 5.91 Å². The second kappa shape index (κ2) is 9.13. The van der Waals surface area contributed by atoms with Crippen molar-refractivity contribution in [1.82, 2.24) is 19.6 Å².